The first-order valence-corrected chi connectivity index (χ1v) is 8.72. The molecule has 4 heteroatoms. The van der Waals surface area contributed by atoms with Gasteiger partial charge in [0.25, 0.3) is 0 Å². The lowest BCUT2D eigenvalue weighted by molar-refractivity contribution is 0.146. The van der Waals surface area contributed by atoms with Crippen molar-refractivity contribution in [3.63, 3.8) is 0 Å². The topological polar surface area (TPSA) is 6.48 Å². The van der Waals surface area contributed by atoms with E-state index in [4.69, 9.17) is 23.2 Å². The molecule has 4 rings (SSSR count). The lowest BCUT2D eigenvalue weighted by Gasteiger charge is -2.35. The molecule has 1 aliphatic carbocycles. The third-order valence-corrected chi connectivity index (χ3v) is 5.24. The van der Waals surface area contributed by atoms with Crippen LogP contribution in [0.15, 0.2) is 72.1 Å². The number of hydrogen-bond donors (Lipinski definition) is 0. The Labute approximate surface area is 152 Å². The molecule has 0 spiro atoms. The van der Waals surface area contributed by atoms with Crippen molar-refractivity contribution in [3.8, 4) is 0 Å². The normalized spacial score (nSPS) is 19.1. The minimum atomic E-state index is 0.287. The fourth-order valence-corrected chi connectivity index (χ4v) is 3.83. The van der Waals surface area contributed by atoms with Gasteiger partial charge in [0.2, 0.25) is 0 Å². The van der Waals surface area contributed by atoms with Crippen LogP contribution in [0.1, 0.15) is 11.1 Å². The van der Waals surface area contributed by atoms with Gasteiger partial charge in [-0.25, -0.2) is 0 Å². The van der Waals surface area contributed by atoms with Crippen LogP contribution in [0.25, 0.3) is 0 Å². The second-order valence-corrected chi connectivity index (χ2v) is 7.23. The summed E-state index contributed by atoms with van der Waals surface area (Å²) in [6, 6.07) is 16.2. The van der Waals surface area contributed by atoms with Crippen LogP contribution in [-0.2, 0) is 13.0 Å². The first-order chi connectivity index (χ1) is 11.5. The van der Waals surface area contributed by atoms with Gasteiger partial charge in [0.05, 0.1) is 11.4 Å². The van der Waals surface area contributed by atoms with Gasteiger partial charge in [-0.3, -0.25) is 0 Å². The molecule has 1 aliphatic heterocycles. The van der Waals surface area contributed by atoms with E-state index in [9.17, 15) is 0 Å². The van der Waals surface area contributed by atoms with E-state index in [-0.39, 0.29) is 6.17 Å². The largest absolute Gasteiger partial charge is 0.352 e. The first kappa shape index (κ1) is 15.6. The number of nitrogens with zero attached hydrogens (tertiary/aromatic N) is 2. The van der Waals surface area contributed by atoms with Gasteiger partial charge in [-0.2, -0.15) is 0 Å². The lowest BCUT2D eigenvalue weighted by Crippen LogP contribution is -2.42. The van der Waals surface area contributed by atoms with E-state index in [1.165, 1.54) is 22.5 Å². The molecule has 1 unspecified atom stereocenters. The lowest BCUT2D eigenvalue weighted by atomic mass is 10.1. The zero-order chi connectivity index (χ0) is 16.8. The number of benzene rings is 2. The third kappa shape index (κ3) is 2.70. The van der Waals surface area contributed by atoms with Crippen molar-refractivity contribution in [1.82, 2.24) is 9.80 Å². The molecule has 0 bridgehead atoms. The van der Waals surface area contributed by atoms with Crippen LogP contribution in [0.4, 0.5) is 0 Å². The van der Waals surface area contributed by atoms with Crippen LogP contribution in [-0.4, -0.2) is 23.0 Å². The highest BCUT2D eigenvalue weighted by Gasteiger charge is 2.47. The summed E-state index contributed by atoms with van der Waals surface area (Å²) in [5.41, 5.74) is 6.23. The average molecular weight is 357 g/mol. The fraction of sp³-hybridized carbons (Fsp3) is 0.200. The second-order valence-electron chi connectivity index (χ2n) is 6.36. The van der Waals surface area contributed by atoms with Gasteiger partial charge in [0, 0.05) is 35.6 Å². The van der Waals surface area contributed by atoms with Crippen molar-refractivity contribution in [2.45, 2.75) is 19.1 Å². The van der Waals surface area contributed by atoms with Crippen LogP contribution < -0.4 is 0 Å². The molecule has 2 aromatic carbocycles. The summed E-state index contributed by atoms with van der Waals surface area (Å²) < 4.78 is 0. The van der Waals surface area contributed by atoms with Gasteiger partial charge >= 0.3 is 0 Å². The summed E-state index contributed by atoms with van der Waals surface area (Å²) >= 11 is 12.1. The Kier molecular flexibility index (Phi) is 3.82. The fourth-order valence-electron chi connectivity index (χ4n) is 3.49. The summed E-state index contributed by atoms with van der Waals surface area (Å²) in [5.74, 6) is 0. The minimum Gasteiger partial charge on any atom is -0.352 e. The van der Waals surface area contributed by atoms with Crippen molar-refractivity contribution >= 4 is 23.2 Å². The van der Waals surface area contributed by atoms with Crippen LogP contribution in [0.3, 0.4) is 0 Å². The van der Waals surface area contributed by atoms with E-state index in [0.717, 1.165) is 28.6 Å². The van der Waals surface area contributed by atoms with Crippen molar-refractivity contribution in [2.24, 2.45) is 0 Å². The maximum absolute atomic E-state index is 6.14. The summed E-state index contributed by atoms with van der Waals surface area (Å²) in [6.07, 6.45) is 1.21. The highest BCUT2D eigenvalue weighted by molar-refractivity contribution is 6.30. The highest BCUT2D eigenvalue weighted by Crippen LogP contribution is 2.50. The number of allylic oxidation sites excluding steroid dienone is 2. The average Bonchev–Trinajstić information content (AvgIpc) is 3.14. The molecule has 0 saturated carbocycles. The van der Waals surface area contributed by atoms with Crippen molar-refractivity contribution in [3.05, 3.63) is 93.2 Å². The van der Waals surface area contributed by atoms with Gasteiger partial charge in [0.1, 0.15) is 6.17 Å². The molecule has 122 valence electrons. The predicted molar refractivity (Wildman–Crippen MR) is 99.9 cm³/mol. The number of halogens is 2. The molecule has 24 heavy (non-hydrogen) atoms. The van der Waals surface area contributed by atoms with Crippen LogP contribution in [0.5, 0.6) is 0 Å². The Morgan fingerprint density at radius 2 is 1.71 bits per heavy atom. The molecule has 2 aromatic rings. The molecule has 0 aromatic heterocycles. The van der Waals surface area contributed by atoms with Crippen LogP contribution in [0, 0.1) is 0 Å². The van der Waals surface area contributed by atoms with E-state index in [1.807, 2.05) is 30.3 Å². The molecule has 2 nitrogen and oxygen atoms in total. The molecule has 0 fully saturated rings. The summed E-state index contributed by atoms with van der Waals surface area (Å²) in [7, 11) is 2.14. The molecule has 1 atom stereocenters. The van der Waals surface area contributed by atoms with E-state index in [1.54, 1.807) is 0 Å². The van der Waals surface area contributed by atoms with Crippen molar-refractivity contribution < 1.29 is 0 Å². The van der Waals surface area contributed by atoms with E-state index >= 15 is 0 Å². The van der Waals surface area contributed by atoms with Crippen LogP contribution >= 0.6 is 23.2 Å². The van der Waals surface area contributed by atoms with Gasteiger partial charge in [0.15, 0.2) is 0 Å². The van der Waals surface area contributed by atoms with Crippen LogP contribution in [0.2, 0.25) is 10.0 Å². The molecule has 2 aliphatic rings. The zero-order valence-corrected chi connectivity index (χ0v) is 15.0. The zero-order valence-electron chi connectivity index (χ0n) is 13.5. The molecular weight excluding hydrogens is 339 g/mol. The maximum atomic E-state index is 6.14. The Hall–Kier alpha value is -1.90. The summed E-state index contributed by atoms with van der Waals surface area (Å²) in [4.78, 5) is 4.76. The monoisotopic (exact) mass is 356 g/mol. The van der Waals surface area contributed by atoms with E-state index in [2.05, 4.69) is 41.6 Å². The Morgan fingerprint density at radius 1 is 0.958 bits per heavy atom. The summed E-state index contributed by atoms with van der Waals surface area (Å²) in [5, 5.41) is 1.55. The Morgan fingerprint density at radius 3 is 2.42 bits per heavy atom. The van der Waals surface area contributed by atoms with Gasteiger partial charge in [-0.05, 0) is 35.4 Å². The van der Waals surface area contributed by atoms with E-state index in [0.29, 0.717) is 0 Å². The maximum Gasteiger partial charge on any atom is 0.106 e. The molecule has 0 radical (unpaired) electrons. The number of hydrogen-bond acceptors (Lipinski definition) is 2. The predicted octanol–water partition coefficient (Wildman–Crippen LogP) is 5.09. The summed E-state index contributed by atoms with van der Waals surface area (Å²) in [6.45, 7) is 5.02. The van der Waals surface area contributed by atoms with Gasteiger partial charge in [-0.15, -0.1) is 0 Å². The molecule has 0 N–H and O–H groups in total. The number of rotatable bonds is 4. The van der Waals surface area contributed by atoms with E-state index < -0.39 is 0 Å². The smallest absolute Gasteiger partial charge is 0.106 e. The first-order valence-electron chi connectivity index (χ1n) is 7.97. The second kappa shape index (κ2) is 5.87. The standard InChI is InChI=1S/C20H18Cl2N2/c1-13-19-20(13)24(12-14-6-8-16(21)9-7-14)18(23(19)2)11-15-4-3-5-17(22)10-15/h3-10,18H,1,11-12H2,2H3. The molecule has 1 heterocycles. The van der Waals surface area contributed by atoms with Crippen molar-refractivity contribution in [1.29, 1.82) is 0 Å². The minimum absolute atomic E-state index is 0.287. The Bertz CT molecular complexity index is 839. The van der Waals surface area contributed by atoms with Gasteiger partial charge < -0.3 is 9.80 Å². The SMILES string of the molecule is C=C1C2=C1N(Cc1ccc(Cl)cc1)C(Cc1cccc(Cl)c1)N2C. The quantitative estimate of drug-likeness (QED) is 0.752. The van der Waals surface area contributed by atoms with Gasteiger partial charge in [-0.1, -0.05) is 54.0 Å². The molecular formula is C20H18Cl2N2. The molecule has 0 amide bonds. The number of likely N-dealkylation sites (N-methyl/N-ethyl adjacent to an activating group) is 1. The molecule has 0 saturated heterocycles. The third-order valence-electron chi connectivity index (χ3n) is 4.75. The van der Waals surface area contributed by atoms with Crippen molar-refractivity contribution in [2.75, 3.05) is 7.05 Å². The Balaban J connectivity index is 1.58. The highest BCUT2D eigenvalue weighted by atomic mass is 35.5.